The maximum atomic E-state index is 12.1. The molecule has 0 aliphatic carbocycles. The molecule has 0 radical (unpaired) electrons. The fourth-order valence-electron chi connectivity index (χ4n) is 2.51. The van der Waals surface area contributed by atoms with E-state index in [1.807, 2.05) is 57.2 Å². The summed E-state index contributed by atoms with van der Waals surface area (Å²) in [6, 6.07) is 13.8. The summed E-state index contributed by atoms with van der Waals surface area (Å²) in [4.78, 5) is 12.1. The lowest BCUT2D eigenvalue weighted by atomic mass is 10.1. The van der Waals surface area contributed by atoms with Gasteiger partial charge in [-0.05, 0) is 44.5 Å². The Bertz CT molecular complexity index is 885. The van der Waals surface area contributed by atoms with Crippen LogP contribution in [0, 0.1) is 20.8 Å². The number of hydrogen-bond acceptors (Lipinski definition) is 5. The van der Waals surface area contributed by atoms with Crippen LogP contribution in [0.4, 0.5) is 5.69 Å². The number of aromatic nitrogens is 2. The van der Waals surface area contributed by atoms with Crippen molar-refractivity contribution in [1.29, 1.82) is 0 Å². The second-order valence-electron chi connectivity index (χ2n) is 5.90. The summed E-state index contributed by atoms with van der Waals surface area (Å²) in [7, 11) is 0. The minimum absolute atomic E-state index is 0.106. The molecule has 1 N–H and O–H groups in total. The van der Waals surface area contributed by atoms with Crippen LogP contribution in [-0.4, -0.2) is 21.9 Å². The van der Waals surface area contributed by atoms with E-state index in [4.69, 9.17) is 4.42 Å². The lowest BCUT2D eigenvalue weighted by Gasteiger charge is -2.06. The second-order valence-corrected chi connectivity index (χ2v) is 6.83. The molecule has 0 spiro atoms. The topological polar surface area (TPSA) is 68.0 Å². The SMILES string of the molecule is Cc1cc(C)cc(-c2nnc(SCC(=O)Nc3ccccc3C)o2)c1. The van der Waals surface area contributed by atoms with Gasteiger partial charge >= 0.3 is 0 Å². The molecular formula is C19H19N3O2S. The average molecular weight is 353 g/mol. The number of para-hydroxylation sites is 1. The number of amides is 1. The minimum atomic E-state index is -0.106. The molecule has 0 aliphatic rings. The van der Waals surface area contributed by atoms with Crippen molar-refractivity contribution in [2.45, 2.75) is 26.0 Å². The monoisotopic (exact) mass is 353 g/mol. The average Bonchev–Trinajstić information content (AvgIpc) is 3.03. The van der Waals surface area contributed by atoms with Crippen LogP contribution in [0.5, 0.6) is 0 Å². The van der Waals surface area contributed by atoms with Crippen LogP contribution < -0.4 is 5.32 Å². The Morgan fingerprint density at radius 2 is 1.80 bits per heavy atom. The number of aryl methyl sites for hydroxylation is 3. The molecule has 0 saturated heterocycles. The molecule has 6 heteroatoms. The van der Waals surface area contributed by atoms with Gasteiger partial charge in [0.05, 0.1) is 5.75 Å². The third-order valence-electron chi connectivity index (χ3n) is 3.62. The number of thioether (sulfide) groups is 1. The fourth-order valence-corrected chi connectivity index (χ4v) is 3.07. The van der Waals surface area contributed by atoms with Crippen LogP contribution in [0.15, 0.2) is 52.1 Å². The lowest BCUT2D eigenvalue weighted by molar-refractivity contribution is -0.113. The van der Waals surface area contributed by atoms with Crippen molar-refractivity contribution in [3.8, 4) is 11.5 Å². The number of nitrogens with one attached hydrogen (secondary N) is 1. The Balaban J connectivity index is 1.62. The van der Waals surface area contributed by atoms with E-state index in [1.165, 1.54) is 11.8 Å². The van der Waals surface area contributed by atoms with Crippen LogP contribution in [0.2, 0.25) is 0 Å². The third-order valence-corrected chi connectivity index (χ3v) is 4.44. The summed E-state index contributed by atoms with van der Waals surface area (Å²) in [5.41, 5.74) is 5.01. The van der Waals surface area contributed by atoms with Crippen molar-refractivity contribution >= 4 is 23.4 Å². The summed E-state index contributed by atoms with van der Waals surface area (Å²) in [6.07, 6.45) is 0. The molecule has 1 heterocycles. The summed E-state index contributed by atoms with van der Waals surface area (Å²) >= 11 is 1.23. The first-order chi connectivity index (χ1) is 12.0. The standard InChI is InChI=1S/C19H19N3O2S/c1-12-8-13(2)10-15(9-12)18-21-22-19(24-18)25-11-17(23)20-16-7-5-4-6-14(16)3/h4-10H,11H2,1-3H3,(H,20,23). The Hall–Kier alpha value is -2.60. The number of hydrogen-bond donors (Lipinski definition) is 1. The second kappa shape index (κ2) is 7.53. The molecule has 0 atom stereocenters. The van der Waals surface area contributed by atoms with Crippen molar-refractivity contribution < 1.29 is 9.21 Å². The highest BCUT2D eigenvalue weighted by atomic mass is 32.2. The highest BCUT2D eigenvalue weighted by molar-refractivity contribution is 7.99. The van der Waals surface area contributed by atoms with Gasteiger partial charge in [-0.3, -0.25) is 4.79 Å². The summed E-state index contributed by atoms with van der Waals surface area (Å²) < 4.78 is 5.66. The molecule has 0 fully saturated rings. The number of anilines is 1. The maximum Gasteiger partial charge on any atom is 0.277 e. The smallest absolute Gasteiger partial charge is 0.277 e. The van der Waals surface area contributed by atoms with Gasteiger partial charge in [-0.1, -0.05) is 47.2 Å². The van der Waals surface area contributed by atoms with Gasteiger partial charge in [-0.25, -0.2) is 0 Å². The highest BCUT2D eigenvalue weighted by Crippen LogP contribution is 2.25. The molecule has 128 valence electrons. The molecule has 2 aromatic carbocycles. The van der Waals surface area contributed by atoms with Crippen LogP contribution >= 0.6 is 11.8 Å². The molecular weight excluding hydrogens is 334 g/mol. The van der Waals surface area contributed by atoms with Crippen LogP contribution in [0.25, 0.3) is 11.5 Å². The number of rotatable bonds is 5. The van der Waals surface area contributed by atoms with Crippen LogP contribution in [0.3, 0.4) is 0 Å². The lowest BCUT2D eigenvalue weighted by Crippen LogP contribution is -2.14. The largest absolute Gasteiger partial charge is 0.411 e. The summed E-state index contributed by atoms with van der Waals surface area (Å²) in [5, 5.41) is 11.4. The molecule has 5 nitrogen and oxygen atoms in total. The zero-order valence-corrected chi connectivity index (χ0v) is 15.2. The number of nitrogens with zero attached hydrogens (tertiary/aromatic N) is 2. The first-order valence-electron chi connectivity index (χ1n) is 7.92. The quantitative estimate of drug-likeness (QED) is 0.689. The molecule has 1 amide bonds. The zero-order chi connectivity index (χ0) is 17.8. The first kappa shape index (κ1) is 17.2. The van der Waals surface area contributed by atoms with E-state index in [2.05, 4.69) is 21.6 Å². The van der Waals surface area contributed by atoms with Crippen molar-refractivity contribution in [3.05, 3.63) is 59.2 Å². The van der Waals surface area contributed by atoms with Gasteiger partial charge in [-0.15, -0.1) is 10.2 Å². The third kappa shape index (κ3) is 4.48. The number of carbonyl (C=O) groups excluding carboxylic acids is 1. The van der Waals surface area contributed by atoms with E-state index in [0.29, 0.717) is 11.1 Å². The van der Waals surface area contributed by atoms with Crippen LogP contribution in [0.1, 0.15) is 16.7 Å². The Kier molecular flexibility index (Phi) is 5.19. The number of benzene rings is 2. The summed E-state index contributed by atoms with van der Waals surface area (Å²) in [6.45, 7) is 6.01. The molecule has 1 aromatic heterocycles. The van der Waals surface area contributed by atoms with E-state index in [1.54, 1.807) is 0 Å². The van der Waals surface area contributed by atoms with Gasteiger partial charge < -0.3 is 9.73 Å². The summed E-state index contributed by atoms with van der Waals surface area (Å²) in [5.74, 6) is 0.571. The minimum Gasteiger partial charge on any atom is -0.411 e. The van der Waals surface area contributed by atoms with Crippen molar-refractivity contribution in [2.75, 3.05) is 11.1 Å². The van der Waals surface area contributed by atoms with E-state index in [0.717, 1.165) is 27.9 Å². The molecule has 3 aromatic rings. The van der Waals surface area contributed by atoms with Gasteiger partial charge in [0.25, 0.3) is 5.22 Å². The predicted octanol–water partition coefficient (Wildman–Crippen LogP) is 4.39. The van der Waals surface area contributed by atoms with Gasteiger partial charge in [0.1, 0.15) is 0 Å². The van der Waals surface area contributed by atoms with Crippen molar-refractivity contribution in [2.24, 2.45) is 0 Å². The maximum absolute atomic E-state index is 12.1. The Labute approximate surface area is 150 Å². The highest BCUT2D eigenvalue weighted by Gasteiger charge is 2.12. The predicted molar refractivity (Wildman–Crippen MR) is 99.7 cm³/mol. The normalized spacial score (nSPS) is 10.7. The van der Waals surface area contributed by atoms with Gasteiger partial charge in [0.2, 0.25) is 11.8 Å². The van der Waals surface area contributed by atoms with Gasteiger partial charge in [-0.2, -0.15) is 0 Å². The van der Waals surface area contributed by atoms with Crippen LogP contribution in [-0.2, 0) is 4.79 Å². The molecule has 3 rings (SSSR count). The molecule has 0 saturated carbocycles. The van der Waals surface area contributed by atoms with Gasteiger partial charge in [0, 0.05) is 11.3 Å². The molecule has 0 aliphatic heterocycles. The van der Waals surface area contributed by atoms with E-state index >= 15 is 0 Å². The van der Waals surface area contributed by atoms with Crippen molar-refractivity contribution in [1.82, 2.24) is 10.2 Å². The van der Waals surface area contributed by atoms with E-state index in [9.17, 15) is 4.79 Å². The zero-order valence-electron chi connectivity index (χ0n) is 14.4. The number of carbonyl (C=O) groups is 1. The Morgan fingerprint density at radius 1 is 1.08 bits per heavy atom. The molecule has 25 heavy (non-hydrogen) atoms. The van der Waals surface area contributed by atoms with Crippen molar-refractivity contribution in [3.63, 3.8) is 0 Å². The van der Waals surface area contributed by atoms with E-state index in [-0.39, 0.29) is 11.7 Å². The molecule has 0 unspecified atom stereocenters. The van der Waals surface area contributed by atoms with E-state index < -0.39 is 0 Å². The fraction of sp³-hybridized carbons (Fsp3) is 0.211. The molecule has 0 bridgehead atoms. The Morgan fingerprint density at radius 3 is 2.52 bits per heavy atom. The van der Waals surface area contributed by atoms with Gasteiger partial charge in [0.15, 0.2) is 0 Å². The first-order valence-corrected chi connectivity index (χ1v) is 8.90.